The third kappa shape index (κ3) is 3.97. The Bertz CT molecular complexity index is 150. The molecule has 1 fully saturated rings. The third-order valence-corrected chi connectivity index (χ3v) is 3.39. The molecule has 0 radical (unpaired) electrons. The maximum atomic E-state index is 3.74. The number of nitrogens with one attached hydrogen (secondary N) is 2. The predicted octanol–water partition coefficient (Wildman–Crippen LogP) is 2.15. The van der Waals surface area contributed by atoms with Crippen LogP contribution in [0, 0.1) is 5.92 Å². The van der Waals surface area contributed by atoms with E-state index in [9.17, 15) is 0 Å². The molecule has 2 nitrogen and oxygen atoms in total. The van der Waals surface area contributed by atoms with E-state index in [4.69, 9.17) is 0 Å². The molecule has 0 amide bonds. The van der Waals surface area contributed by atoms with E-state index in [1.165, 1.54) is 32.1 Å². The van der Waals surface area contributed by atoms with E-state index in [0.29, 0.717) is 5.54 Å². The molecule has 2 heteroatoms. The molecular formula is C12H26N2. The second-order valence-electron chi connectivity index (χ2n) is 5.17. The number of rotatable bonds is 5. The van der Waals surface area contributed by atoms with Gasteiger partial charge in [-0.2, -0.15) is 0 Å². The molecule has 14 heavy (non-hydrogen) atoms. The van der Waals surface area contributed by atoms with Gasteiger partial charge in [-0.15, -0.1) is 0 Å². The summed E-state index contributed by atoms with van der Waals surface area (Å²) in [5.74, 6) is 0.735. The van der Waals surface area contributed by atoms with Crippen LogP contribution in [-0.2, 0) is 0 Å². The van der Waals surface area contributed by atoms with Gasteiger partial charge in [-0.05, 0) is 45.8 Å². The Morgan fingerprint density at radius 3 is 2.36 bits per heavy atom. The number of hydrogen-bond donors (Lipinski definition) is 2. The van der Waals surface area contributed by atoms with Crippen molar-refractivity contribution < 1.29 is 0 Å². The minimum atomic E-state index is 0.431. The molecule has 1 atom stereocenters. The van der Waals surface area contributed by atoms with Gasteiger partial charge >= 0.3 is 0 Å². The van der Waals surface area contributed by atoms with E-state index in [2.05, 4.69) is 24.5 Å². The molecule has 1 rings (SSSR count). The molecule has 0 aliphatic heterocycles. The number of hydrogen-bond acceptors (Lipinski definition) is 2. The lowest BCUT2D eigenvalue weighted by molar-refractivity contribution is 0.242. The second-order valence-corrected chi connectivity index (χ2v) is 5.17. The van der Waals surface area contributed by atoms with Crippen molar-refractivity contribution in [2.24, 2.45) is 5.92 Å². The lowest BCUT2D eigenvalue weighted by atomic mass is 9.83. The molecule has 0 aromatic rings. The van der Waals surface area contributed by atoms with Crippen LogP contribution in [0.4, 0.5) is 0 Å². The molecule has 0 saturated heterocycles. The maximum absolute atomic E-state index is 3.74. The van der Waals surface area contributed by atoms with Crippen molar-refractivity contribution in [3.63, 3.8) is 0 Å². The van der Waals surface area contributed by atoms with Gasteiger partial charge in [0.25, 0.3) is 0 Å². The van der Waals surface area contributed by atoms with E-state index in [1.54, 1.807) is 0 Å². The summed E-state index contributed by atoms with van der Waals surface area (Å²) in [6.45, 7) is 6.95. The summed E-state index contributed by atoms with van der Waals surface area (Å²) in [6, 6.07) is 0. The summed E-state index contributed by atoms with van der Waals surface area (Å²) < 4.78 is 0. The van der Waals surface area contributed by atoms with Crippen LogP contribution in [0.1, 0.15) is 46.0 Å². The Morgan fingerprint density at radius 2 is 1.79 bits per heavy atom. The zero-order valence-electron chi connectivity index (χ0n) is 10.0. The molecular weight excluding hydrogens is 172 g/mol. The van der Waals surface area contributed by atoms with Crippen molar-refractivity contribution in [2.75, 3.05) is 20.1 Å². The first-order valence-electron chi connectivity index (χ1n) is 6.06. The first-order chi connectivity index (χ1) is 6.66. The molecule has 2 N–H and O–H groups in total. The lowest BCUT2D eigenvalue weighted by Crippen LogP contribution is -2.46. The highest BCUT2D eigenvalue weighted by atomic mass is 15.0. The highest BCUT2D eigenvalue weighted by Crippen LogP contribution is 2.27. The normalized spacial score (nSPS) is 23.4. The van der Waals surface area contributed by atoms with Crippen molar-refractivity contribution in [1.82, 2.24) is 10.6 Å². The van der Waals surface area contributed by atoms with Crippen LogP contribution in [0.2, 0.25) is 0 Å². The summed E-state index contributed by atoms with van der Waals surface area (Å²) >= 11 is 0. The lowest BCUT2D eigenvalue weighted by Gasteiger charge is -2.35. The Kier molecular flexibility index (Phi) is 4.90. The minimum absolute atomic E-state index is 0.431. The average Bonchev–Trinajstić information content (AvgIpc) is 2.17. The molecule has 0 aromatic heterocycles. The van der Waals surface area contributed by atoms with Gasteiger partial charge in [0.15, 0.2) is 0 Å². The molecule has 0 aromatic carbocycles. The zero-order chi connectivity index (χ0) is 10.4. The SMILES string of the molecule is CNCC(C)CNC1(C)CCCCC1. The van der Waals surface area contributed by atoms with E-state index in [-0.39, 0.29) is 0 Å². The molecule has 0 spiro atoms. The van der Waals surface area contributed by atoms with Crippen molar-refractivity contribution in [1.29, 1.82) is 0 Å². The molecule has 1 unspecified atom stereocenters. The molecule has 1 saturated carbocycles. The van der Waals surface area contributed by atoms with Crippen LogP contribution in [-0.4, -0.2) is 25.7 Å². The fourth-order valence-electron chi connectivity index (χ4n) is 2.35. The zero-order valence-corrected chi connectivity index (χ0v) is 10.0. The fourth-order valence-corrected chi connectivity index (χ4v) is 2.35. The summed E-state index contributed by atoms with van der Waals surface area (Å²) in [5, 5.41) is 6.97. The maximum Gasteiger partial charge on any atom is 0.0153 e. The first-order valence-corrected chi connectivity index (χ1v) is 6.06. The van der Waals surface area contributed by atoms with Crippen LogP contribution in [0.25, 0.3) is 0 Å². The fraction of sp³-hybridized carbons (Fsp3) is 1.00. The third-order valence-electron chi connectivity index (χ3n) is 3.39. The second kappa shape index (κ2) is 5.72. The van der Waals surface area contributed by atoms with Gasteiger partial charge in [-0.3, -0.25) is 0 Å². The van der Waals surface area contributed by atoms with Gasteiger partial charge in [0.2, 0.25) is 0 Å². The van der Waals surface area contributed by atoms with Crippen molar-refractivity contribution in [2.45, 2.75) is 51.5 Å². The van der Waals surface area contributed by atoms with Crippen molar-refractivity contribution in [3.05, 3.63) is 0 Å². The van der Waals surface area contributed by atoms with Gasteiger partial charge < -0.3 is 10.6 Å². The highest BCUT2D eigenvalue weighted by molar-refractivity contribution is 4.86. The van der Waals surface area contributed by atoms with Crippen LogP contribution in [0.5, 0.6) is 0 Å². The Labute approximate surface area is 88.8 Å². The van der Waals surface area contributed by atoms with E-state index in [0.717, 1.165) is 19.0 Å². The van der Waals surface area contributed by atoms with E-state index < -0.39 is 0 Å². The highest BCUT2D eigenvalue weighted by Gasteiger charge is 2.25. The van der Waals surface area contributed by atoms with Gasteiger partial charge in [0, 0.05) is 5.54 Å². The molecule has 1 aliphatic rings. The summed E-state index contributed by atoms with van der Waals surface area (Å²) in [7, 11) is 2.03. The van der Waals surface area contributed by atoms with E-state index in [1.807, 2.05) is 7.05 Å². The molecule has 0 heterocycles. The Balaban J connectivity index is 2.21. The van der Waals surface area contributed by atoms with Gasteiger partial charge in [-0.25, -0.2) is 0 Å². The molecule has 1 aliphatic carbocycles. The quantitative estimate of drug-likeness (QED) is 0.707. The summed E-state index contributed by atoms with van der Waals surface area (Å²) in [4.78, 5) is 0. The average molecular weight is 198 g/mol. The summed E-state index contributed by atoms with van der Waals surface area (Å²) in [6.07, 6.45) is 6.97. The van der Waals surface area contributed by atoms with Crippen LogP contribution in [0.3, 0.4) is 0 Å². The van der Waals surface area contributed by atoms with Crippen molar-refractivity contribution >= 4 is 0 Å². The topological polar surface area (TPSA) is 24.1 Å². The van der Waals surface area contributed by atoms with Gasteiger partial charge in [-0.1, -0.05) is 26.2 Å². The predicted molar refractivity (Wildman–Crippen MR) is 62.6 cm³/mol. The van der Waals surface area contributed by atoms with Crippen LogP contribution >= 0.6 is 0 Å². The Morgan fingerprint density at radius 1 is 1.14 bits per heavy atom. The van der Waals surface area contributed by atoms with Gasteiger partial charge in [0.1, 0.15) is 0 Å². The Hall–Kier alpha value is -0.0800. The largest absolute Gasteiger partial charge is 0.319 e. The van der Waals surface area contributed by atoms with Crippen LogP contribution < -0.4 is 10.6 Å². The summed E-state index contributed by atoms with van der Waals surface area (Å²) in [5.41, 5.74) is 0.431. The van der Waals surface area contributed by atoms with Crippen molar-refractivity contribution in [3.8, 4) is 0 Å². The van der Waals surface area contributed by atoms with E-state index >= 15 is 0 Å². The smallest absolute Gasteiger partial charge is 0.0153 e. The van der Waals surface area contributed by atoms with Crippen LogP contribution in [0.15, 0.2) is 0 Å². The molecule has 0 bridgehead atoms. The van der Waals surface area contributed by atoms with Gasteiger partial charge in [0.05, 0.1) is 0 Å². The minimum Gasteiger partial charge on any atom is -0.319 e. The first kappa shape index (κ1) is 12.0. The molecule has 84 valence electrons. The standard InChI is InChI=1S/C12H26N2/c1-11(9-13-3)10-14-12(2)7-5-4-6-8-12/h11,13-14H,4-10H2,1-3H3. The monoisotopic (exact) mass is 198 g/mol.